The van der Waals surface area contributed by atoms with E-state index in [9.17, 15) is 14.0 Å². The Labute approximate surface area is 144 Å². The Morgan fingerprint density at radius 1 is 1.44 bits per heavy atom. The van der Waals surface area contributed by atoms with Gasteiger partial charge < -0.3 is 16.4 Å². The molecule has 0 saturated carbocycles. The second-order valence-electron chi connectivity index (χ2n) is 6.18. The van der Waals surface area contributed by atoms with Gasteiger partial charge in [0.1, 0.15) is 11.5 Å². The average molecular weight is 348 g/mol. The zero-order valence-electron chi connectivity index (χ0n) is 13.9. The standard InChI is InChI=1S/C16H21FN6O2/c1-9-6-10(15(18)24)13(7-11(9)17)20-16(25)12-2-3-14(22-21-12)23-5-4-19-8-23/h6-7,14,19,22H,2-5,8H2,1H3,(H2,18,24)(H,20,25). The largest absolute Gasteiger partial charge is 0.366 e. The summed E-state index contributed by atoms with van der Waals surface area (Å²) in [7, 11) is 0. The van der Waals surface area contributed by atoms with Gasteiger partial charge in [-0.2, -0.15) is 5.10 Å². The van der Waals surface area contributed by atoms with E-state index in [2.05, 4.69) is 26.1 Å². The van der Waals surface area contributed by atoms with Gasteiger partial charge in [-0.05, 0) is 31.0 Å². The Kier molecular flexibility index (Phi) is 4.95. The maximum absolute atomic E-state index is 13.8. The van der Waals surface area contributed by atoms with Crippen molar-refractivity contribution in [2.75, 3.05) is 25.1 Å². The number of amides is 2. The number of rotatable bonds is 4. The molecule has 25 heavy (non-hydrogen) atoms. The van der Waals surface area contributed by atoms with Crippen LogP contribution in [0.15, 0.2) is 17.2 Å². The summed E-state index contributed by atoms with van der Waals surface area (Å²) in [5, 5.41) is 9.92. The summed E-state index contributed by atoms with van der Waals surface area (Å²) in [5.41, 5.74) is 9.00. The van der Waals surface area contributed by atoms with Gasteiger partial charge >= 0.3 is 0 Å². The molecule has 0 spiro atoms. The van der Waals surface area contributed by atoms with Crippen molar-refractivity contribution in [3.8, 4) is 0 Å². The van der Waals surface area contributed by atoms with Crippen molar-refractivity contribution in [1.82, 2.24) is 15.6 Å². The van der Waals surface area contributed by atoms with Crippen molar-refractivity contribution in [1.29, 1.82) is 0 Å². The summed E-state index contributed by atoms with van der Waals surface area (Å²) in [6, 6.07) is 2.42. The lowest BCUT2D eigenvalue weighted by atomic mass is 10.1. The van der Waals surface area contributed by atoms with Gasteiger partial charge in [-0.15, -0.1) is 0 Å². The lowest BCUT2D eigenvalue weighted by molar-refractivity contribution is -0.110. The highest BCUT2D eigenvalue weighted by Gasteiger charge is 2.27. The number of hydrazone groups is 1. The van der Waals surface area contributed by atoms with Crippen LogP contribution in [-0.4, -0.2) is 48.3 Å². The summed E-state index contributed by atoms with van der Waals surface area (Å²) in [5.74, 6) is -1.73. The molecule has 1 unspecified atom stereocenters. The molecule has 2 aliphatic rings. The molecule has 0 aromatic heterocycles. The number of halogens is 1. The van der Waals surface area contributed by atoms with Crippen molar-refractivity contribution >= 4 is 23.2 Å². The van der Waals surface area contributed by atoms with E-state index in [4.69, 9.17) is 5.73 Å². The van der Waals surface area contributed by atoms with E-state index >= 15 is 0 Å². The number of benzene rings is 1. The normalized spacial score (nSPS) is 20.7. The van der Waals surface area contributed by atoms with Crippen LogP contribution < -0.4 is 21.8 Å². The Balaban J connectivity index is 1.70. The molecule has 0 radical (unpaired) electrons. The molecule has 134 valence electrons. The smallest absolute Gasteiger partial charge is 0.271 e. The molecule has 3 rings (SSSR count). The van der Waals surface area contributed by atoms with Crippen LogP contribution in [0.4, 0.5) is 10.1 Å². The van der Waals surface area contributed by atoms with Gasteiger partial charge in [0, 0.05) is 19.5 Å². The van der Waals surface area contributed by atoms with Crippen LogP contribution in [0, 0.1) is 12.7 Å². The number of carbonyl (C=O) groups excluding carboxylic acids is 2. The first kappa shape index (κ1) is 17.3. The van der Waals surface area contributed by atoms with E-state index in [1.807, 2.05) is 0 Å². The second-order valence-corrected chi connectivity index (χ2v) is 6.18. The number of hydrogen-bond acceptors (Lipinski definition) is 6. The third-order valence-corrected chi connectivity index (χ3v) is 4.41. The van der Waals surface area contributed by atoms with Gasteiger partial charge in [-0.1, -0.05) is 0 Å². The van der Waals surface area contributed by atoms with Crippen LogP contribution in [0.25, 0.3) is 0 Å². The van der Waals surface area contributed by atoms with Crippen molar-refractivity contribution < 1.29 is 14.0 Å². The van der Waals surface area contributed by atoms with Gasteiger partial charge in [0.15, 0.2) is 0 Å². The van der Waals surface area contributed by atoms with E-state index in [0.29, 0.717) is 12.1 Å². The number of nitrogens with zero attached hydrogens (tertiary/aromatic N) is 2. The number of nitrogens with two attached hydrogens (primary N) is 1. The summed E-state index contributed by atoms with van der Waals surface area (Å²) >= 11 is 0. The van der Waals surface area contributed by atoms with Gasteiger partial charge in [0.05, 0.1) is 24.1 Å². The minimum Gasteiger partial charge on any atom is -0.366 e. The maximum atomic E-state index is 13.8. The molecule has 0 bridgehead atoms. The number of anilines is 1. The molecule has 5 N–H and O–H groups in total. The Bertz CT molecular complexity index is 730. The lowest BCUT2D eigenvalue weighted by Crippen LogP contribution is -2.47. The summed E-state index contributed by atoms with van der Waals surface area (Å²) < 4.78 is 13.8. The molecular formula is C16H21FN6O2. The third kappa shape index (κ3) is 3.77. The molecule has 2 heterocycles. The average Bonchev–Trinajstić information content (AvgIpc) is 3.12. The maximum Gasteiger partial charge on any atom is 0.271 e. The minimum absolute atomic E-state index is 0.0502. The number of nitrogens with one attached hydrogen (secondary N) is 3. The first-order valence-electron chi connectivity index (χ1n) is 8.14. The van der Waals surface area contributed by atoms with E-state index in [1.165, 1.54) is 13.0 Å². The van der Waals surface area contributed by atoms with Gasteiger partial charge in [0.2, 0.25) is 0 Å². The van der Waals surface area contributed by atoms with E-state index in [0.717, 1.165) is 32.2 Å². The molecule has 9 heteroatoms. The molecule has 1 saturated heterocycles. The van der Waals surface area contributed by atoms with Crippen LogP contribution in [0.1, 0.15) is 28.8 Å². The fourth-order valence-corrected chi connectivity index (χ4v) is 2.95. The van der Waals surface area contributed by atoms with E-state index in [1.54, 1.807) is 0 Å². The van der Waals surface area contributed by atoms with Gasteiger partial charge in [-0.3, -0.25) is 19.9 Å². The number of hydrogen-bond donors (Lipinski definition) is 4. The minimum atomic E-state index is -0.733. The second kappa shape index (κ2) is 7.16. The highest BCUT2D eigenvalue weighted by Crippen LogP contribution is 2.21. The quantitative estimate of drug-likeness (QED) is 0.617. The van der Waals surface area contributed by atoms with Gasteiger partial charge in [-0.25, -0.2) is 4.39 Å². The predicted octanol–water partition coefficient (Wildman–Crippen LogP) is 0.0997. The monoisotopic (exact) mass is 348 g/mol. The van der Waals surface area contributed by atoms with Crippen LogP contribution in [0.5, 0.6) is 0 Å². The predicted molar refractivity (Wildman–Crippen MR) is 91.5 cm³/mol. The van der Waals surface area contributed by atoms with Crippen molar-refractivity contribution in [2.45, 2.75) is 25.9 Å². The van der Waals surface area contributed by atoms with Crippen LogP contribution in [-0.2, 0) is 4.79 Å². The zero-order valence-corrected chi connectivity index (χ0v) is 13.9. The first-order chi connectivity index (χ1) is 12.0. The third-order valence-electron chi connectivity index (χ3n) is 4.41. The molecule has 8 nitrogen and oxygen atoms in total. The topological polar surface area (TPSA) is 112 Å². The van der Waals surface area contributed by atoms with Crippen molar-refractivity contribution in [3.05, 3.63) is 29.1 Å². The number of aryl methyl sites for hydroxylation is 1. The first-order valence-corrected chi connectivity index (χ1v) is 8.14. The Morgan fingerprint density at radius 2 is 2.24 bits per heavy atom. The molecule has 1 aromatic carbocycles. The zero-order chi connectivity index (χ0) is 18.0. The van der Waals surface area contributed by atoms with Crippen LogP contribution in [0.2, 0.25) is 0 Å². The van der Waals surface area contributed by atoms with Crippen LogP contribution in [0.3, 0.4) is 0 Å². The van der Waals surface area contributed by atoms with E-state index in [-0.39, 0.29) is 23.0 Å². The molecule has 2 aliphatic heterocycles. The lowest BCUT2D eigenvalue weighted by Gasteiger charge is -2.29. The molecular weight excluding hydrogens is 327 g/mol. The SMILES string of the molecule is Cc1cc(C(N)=O)c(NC(=O)C2=NNC(N3CCNC3)CC2)cc1F. The fraction of sp³-hybridized carbons (Fsp3) is 0.438. The number of carbonyl (C=O) groups is 2. The fourth-order valence-electron chi connectivity index (χ4n) is 2.95. The van der Waals surface area contributed by atoms with Gasteiger partial charge in [0.25, 0.3) is 11.8 Å². The molecule has 2 amide bonds. The van der Waals surface area contributed by atoms with Crippen molar-refractivity contribution in [2.24, 2.45) is 10.8 Å². The highest BCUT2D eigenvalue weighted by molar-refractivity contribution is 6.43. The summed E-state index contributed by atoms with van der Waals surface area (Å²) in [6.45, 7) is 4.18. The highest BCUT2D eigenvalue weighted by atomic mass is 19.1. The number of primary amides is 1. The Hall–Kier alpha value is -2.52. The molecule has 0 aliphatic carbocycles. The van der Waals surface area contributed by atoms with E-state index < -0.39 is 17.6 Å². The molecule has 1 aromatic rings. The van der Waals surface area contributed by atoms with Crippen molar-refractivity contribution in [3.63, 3.8) is 0 Å². The summed E-state index contributed by atoms with van der Waals surface area (Å²) in [6.07, 6.45) is 1.31. The molecule has 1 atom stereocenters. The molecule has 1 fully saturated rings. The Morgan fingerprint density at radius 3 is 2.84 bits per heavy atom. The van der Waals surface area contributed by atoms with Crippen LogP contribution >= 0.6 is 0 Å². The summed E-state index contributed by atoms with van der Waals surface area (Å²) in [4.78, 5) is 26.1.